The van der Waals surface area contributed by atoms with E-state index >= 15 is 0 Å². The lowest BCUT2D eigenvalue weighted by Crippen LogP contribution is -2.27. The van der Waals surface area contributed by atoms with Crippen molar-refractivity contribution in [3.63, 3.8) is 0 Å². The molecular weight excluding hydrogens is 198 g/mol. The number of nitrogens with one attached hydrogen (secondary N) is 1. The van der Waals surface area contributed by atoms with E-state index in [1.807, 2.05) is 6.92 Å². The van der Waals surface area contributed by atoms with E-state index in [4.69, 9.17) is 0 Å². The zero-order chi connectivity index (χ0) is 11.8. The van der Waals surface area contributed by atoms with Gasteiger partial charge in [0.1, 0.15) is 0 Å². The van der Waals surface area contributed by atoms with Crippen LogP contribution in [0.1, 0.15) is 20.3 Å². The lowest BCUT2D eigenvalue weighted by Gasteiger charge is -2.13. The van der Waals surface area contributed by atoms with Crippen molar-refractivity contribution in [2.24, 2.45) is 0 Å². The maximum Gasteiger partial charge on any atom is 0.332 e. The zero-order valence-corrected chi connectivity index (χ0v) is 9.49. The van der Waals surface area contributed by atoms with Gasteiger partial charge in [0.05, 0.1) is 20.6 Å². The molecule has 86 valence electrons. The van der Waals surface area contributed by atoms with Crippen LogP contribution in [-0.4, -0.2) is 32.2 Å². The number of methoxy groups -OCH3 is 2. The summed E-state index contributed by atoms with van der Waals surface area (Å²) < 4.78 is 8.97. The fraction of sp³-hybridized carbons (Fsp3) is 0.600. The topological polar surface area (TPSA) is 64.6 Å². The van der Waals surface area contributed by atoms with E-state index in [0.717, 1.165) is 0 Å². The summed E-state index contributed by atoms with van der Waals surface area (Å²) in [5.41, 5.74) is 0.651. The normalized spacial score (nSPS) is 12.9. The first-order valence-corrected chi connectivity index (χ1v) is 4.59. The summed E-state index contributed by atoms with van der Waals surface area (Å²) >= 11 is 0. The maximum absolute atomic E-state index is 10.9. The van der Waals surface area contributed by atoms with Gasteiger partial charge in [-0.25, -0.2) is 4.79 Å². The second-order valence-corrected chi connectivity index (χ2v) is 3.18. The van der Waals surface area contributed by atoms with Gasteiger partial charge >= 0.3 is 11.9 Å². The van der Waals surface area contributed by atoms with Crippen LogP contribution in [-0.2, 0) is 19.1 Å². The molecule has 0 aromatic carbocycles. The van der Waals surface area contributed by atoms with Gasteiger partial charge in [-0.2, -0.15) is 0 Å². The summed E-state index contributed by atoms with van der Waals surface area (Å²) in [6.07, 6.45) is 1.58. The summed E-state index contributed by atoms with van der Waals surface area (Å²) in [6.45, 7) is 3.55. The number of esters is 2. The Hall–Kier alpha value is -1.52. The van der Waals surface area contributed by atoms with Gasteiger partial charge in [0.15, 0.2) is 0 Å². The molecule has 0 fully saturated rings. The Morgan fingerprint density at radius 3 is 2.40 bits per heavy atom. The number of carbonyl (C=O) groups excluding carboxylic acids is 2. The number of hydrogen-bond acceptors (Lipinski definition) is 5. The lowest BCUT2D eigenvalue weighted by atomic mass is 10.2. The fourth-order valence-electron chi connectivity index (χ4n) is 1.05. The number of rotatable bonds is 5. The highest BCUT2D eigenvalue weighted by Gasteiger charge is 2.08. The van der Waals surface area contributed by atoms with Crippen LogP contribution < -0.4 is 5.32 Å². The van der Waals surface area contributed by atoms with Crippen LogP contribution in [0.5, 0.6) is 0 Å². The van der Waals surface area contributed by atoms with E-state index < -0.39 is 5.97 Å². The van der Waals surface area contributed by atoms with Gasteiger partial charge in [-0.05, 0) is 13.8 Å². The van der Waals surface area contributed by atoms with Crippen LogP contribution in [0.15, 0.2) is 11.8 Å². The van der Waals surface area contributed by atoms with E-state index in [-0.39, 0.29) is 18.4 Å². The van der Waals surface area contributed by atoms with E-state index in [9.17, 15) is 9.59 Å². The molecule has 0 aromatic rings. The number of ether oxygens (including phenoxy) is 2. The third-order valence-corrected chi connectivity index (χ3v) is 1.71. The first kappa shape index (κ1) is 13.5. The van der Waals surface area contributed by atoms with Gasteiger partial charge < -0.3 is 14.8 Å². The van der Waals surface area contributed by atoms with Crippen molar-refractivity contribution in [1.29, 1.82) is 0 Å². The van der Waals surface area contributed by atoms with Gasteiger partial charge in [0, 0.05) is 17.8 Å². The predicted molar refractivity (Wildman–Crippen MR) is 55.0 cm³/mol. The van der Waals surface area contributed by atoms with Crippen LogP contribution in [0.2, 0.25) is 0 Å². The van der Waals surface area contributed by atoms with Crippen LogP contribution in [0.3, 0.4) is 0 Å². The Bertz CT molecular complexity index is 260. The Kier molecular flexibility index (Phi) is 6.17. The van der Waals surface area contributed by atoms with Crippen LogP contribution in [0, 0.1) is 0 Å². The van der Waals surface area contributed by atoms with Crippen molar-refractivity contribution in [3.8, 4) is 0 Å². The Morgan fingerprint density at radius 1 is 1.33 bits per heavy atom. The largest absolute Gasteiger partial charge is 0.469 e. The molecule has 0 aromatic heterocycles. The van der Waals surface area contributed by atoms with E-state index in [1.165, 1.54) is 20.3 Å². The molecule has 0 amide bonds. The second-order valence-electron chi connectivity index (χ2n) is 3.18. The molecule has 15 heavy (non-hydrogen) atoms. The third kappa shape index (κ3) is 6.54. The molecule has 0 aliphatic heterocycles. The molecule has 0 spiro atoms. The summed E-state index contributed by atoms with van der Waals surface area (Å²) in [7, 11) is 2.65. The number of hydrogen-bond donors (Lipinski definition) is 1. The van der Waals surface area contributed by atoms with Crippen molar-refractivity contribution >= 4 is 11.9 Å². The molecule has 1 atom stereocenters. The smallest absolute Gasteiger partial charge is 0.332 e. The summed E-state index contributed by atoms with van der Waals surface area (Å²) in [6, 6.07) is -0.0849. The molecule has 1 unspecified atom stereocenters. The Labute approximate surface area is 89.4 Å². The average Bonchev–Trinajstić information content (AvgIpc) is 2.16. The van der Waals surface area contributed by atoms with Crippen LogP contribution in [0.4, 0.5) is 0 Å². The maximum atomic E-state index is 10.9. The highest BCUT2D eigenvalue weighted by molar-refractivity contribution is 5.82. The first-order chi connectivity index (χ1) is 6.99. The Morgan fingerprint density at radius 2 is 1.93 bits per heavy atom. The standard InChI is InChI=1S/C10H17NO4/c1-7(5-9(12)14-3)11-8(2)6-10(13)15-4/h5,8,11H,6H2,1-4H3. The molecule has 5 nitrogen and oxygen atoms in total. The molecule has 1 N–H and O–H groups in total. The van der Waals surface area contributed by atoms with Crippen molar-refractivity contribution in [2.75, 3.05) is 14.2 Å². The minimum atomic E-state index is -0.426. The molecule has 0 aliphatic carbocycles. The molecule has 0 aliphatic rings. The number of allylic oxidation sites excluding steroid dienone is 1. The van der Waals surface area contributed by atoms with Crippen molar-refractivity contribution in [2.45, 2.75) is 26.3 Å². The molecule has 5 heteroatoms. The molecule has 0 saturated carbocycles. The summed E-state index contributed by atoms with van der Waals surface area (Å²) in [4.78, 5) is 21.8. The lowest BCUT2D eigenvalue weighted by molar-refractivity contribution is -0.141. The highest BCUT2D eigenvalue weighted by Crippen LogP contribution is 1.97. The molecule has 0 bridgehead atoms. The Balaban J connectivity index is 4.06. The molecule has 0 rings (SSSR count). The molecule has 0 radical (unpaired) electrons. The van der Waals surface area contributed by atoms with Crippen molar-refractivity contribution < 1.29 is 19.1 Å². The number of carbonyl (C=O) groups is 2. The van der Waals surface area contributed by atoms with Crippen molar-refractivity contribution in [1.82, 2.24) is 5.32 Å². The van der Waals surface area contributed by atoms with Crippen LogP contribution >= 0.6 is 0 Å². The minimum absolute atomic E-state index is 0.0849. The van der Waals surface area contributed by atoms with E-state index in [1.54, 1.807) is 6.92 Å². The third-order valence-electron chi connectivity index (χ3n) is 1.71. The monoisotopic (exact) mass is 215 g/mol. The van der Waals surface area contributed by atoms with Gasteiger partial charge in [-0.3, -0.25) is 4.79 Å². The van der Waals surface area contributed by atoms with Gasteiger partial charge in [0.2, 0.25) is 0 Å². The van der Waals surface area contributed by atoms with Crippen molar-refractivity contribution in [3.05, 3.63) is 11.8 Å². The highest BCUT2D eigenvalue weighted by atomic mass is 16.5. The minimum Gasteiger partial charge on any atom is -0.469 e. The first-order valence-electron chi connectivity index (χ1n) is 4.59. The second kappa shape index (κ2) is 6.86. The fourth-order valence-corrected chi connectivity index (χ4v) is 1.05. The van der Waals surface area contributed by atoms with Gasteiger partial charge in [-0.15, -0.1) is 0 Å². The van der Waals surface area contributed by atoms with Gasteiger partial charge in [-0.1, -0.05) is 0 Å². The average molecular weight is 215 g/mol. The van der Waals surface area contributed by atoms with E-state index in [0.29, 0.717) is 5.70 Å². The quantitative estimate of drug-likeness (QED) is 0.537. The summed E-state index contributed by atoms with van der Waals surface area (Å²) in [5.74, 6) is -0.717. The molecular formula is C10H17NO4. The SMILES string of the molecule is COC(=O)C=C(C)NC(C)CC(=O)OC. The van der Waals surface area contributed by atoms with E-state index in [2.05, 4.69) is 14.8 Å². The molecule has 0 saturated heterocycles. The predicted octanol–water partition coefficient (Wildman–Crippen LogP) is 0.604. The zero-order valence-electron chi connectivity index (χ0n) is 9.49. The van der Waals surface area contributed by atoms with Crippen LogP contribution in [0.25, 0.3) is 0 Å². The summed E-state index contributed by atoms with van der Waals surface area (Å²) in [5, 5.41) is 2.97. The van der Waals surface area contributed by atoms with Gasteiger partial charge in [0.25, 0.3) is 0 Å². The molecule has 0 heterocycles.